The number of hydrogen-bond donors (Lipinski definition) is 2. The summed E-state index contributed by atoms with van der Waals surface area (Å²) in [6.45, 7) is -0.892. The van der Waals surface area contributed by atoms with Crippen LogP contribution >= 0.6 is 12.6 Å². The van der Waals surface area contributed by atoms with Crippen molar-refractivity contribution in [3.05, 3.63) is 17.8 Å². The molecule has 1 aliphatic rings. The van der Waals surface area contributed by atoms with E-state index in [9.17, 15) is 22.0 Å². The number of alkyl halides is 5. The molecule has 1 N–H and O–H groups in total. The lowest BCUT2D eigenvalue weighted by atomic mass is 10.1. The maximum atomic E-state index is 13.2. The van der Waals surface area contributed by atoms with Crippen molar-refractivity contribution in [1.82, 2.24) is 4.98 Å². The van der Waals surface area contributed by atoms with Gasteiger partial charge in [-0.1, -0.05) is 0 Å². The maximum Gasteiger partial charge on any atom is 0.405 e. The van der Waals surface area contributed by atoms with Crippen molar-refractivity contribution in [2.24, 2.45) is 0 Å². The van der Waals surface area contributed by atoms with Gasteiger partial charge in [0, 0.05) is 43.4 Å². The largest absolute Gasteiger partial charge is 0.405 e. The average molecular weight is 341 g/mol. The summed E-state index contributed by atoms with van der Waals surface area (Å²) >= 11 is 4.07. The predicted octanol–water partition coefficient (Wildman–Crippen LogP) is 3.72. The minimum atomic E-state index is -4.36. The third kappa shape index (κ3) is 4.89. The molecule has 1 aromatic rings. The summed E-state index contributed by atoms with van der Waals surface area (Å²) in [6, 6.07) is 3.11. The molecule has 22 heavy (non-hydrogen) atoms. The van der Waals surface area contributed by atoms with Crippen LogP contribution in [0.3, 0.4) is 0 Å². The Morgan fingerprint density at radius 1 is 1.23 bits per heavy atom. The molecular formula is C13H16F5N3S. The molecular weight excluding hydrogens is 325 g/mol. The molecule has 0 aliphatic carbocycles. The third-order valence-electron chi connectivity index (χ3n) is 3.36. The van der Waals surface area contributed by atoms with Crippen molar-refractivity contribution in [2.75, 3.05) is 29.9 Å². The fourth-order valence-corrected chi connectivity index (χ4v) is 2.37. The van der Waals surface area contributed by atoms with Crippen LogP contribution in [0.2, 0.25) is 0 Å². The van der Waals surface area contributed by atoms with E-state index in [0.29, 0.717) is 11.4 Å². The number of piperidine rings is 1. The number of rotatable bonds is 4. The van der Waals surface area contributed by atoms with Gasteiger partial charge < -0.3 is 10.2 Å². The average Bonchev–Trinajstić information content (AvgIpc) is 2.44. The van der Waals surface area contributed by atoms with Gasteiger partial charge in [-0.05, 0) is 6.07 Å². The lowest BCUT2D eigenvalue weighted by Gasteiger charge is -2.33. The molecule has 0 atom stereocenters. The Bertz CT molecular complexity index is 511. The Labute approximate surface area is 130 Å². The molecule has 1 aliphatic heterocycles. The number of pyridine rings is 1. The molecule has 0 amide bonds. The van der Waals surface area contributed by atoms with E-state index in [1.807, 2.05) is 0 Å². The molecule has 2 rings (SSSR count). The van der Waals surface area contributed by atoms with Crippen molar-refractivity contribution in [2.45, 2.75) is 30.7 Å². The SMILES string of the molecule is FC(F)(F)CNc1cc(N2CCC(F)(F)CC2)cc(CS)n1. The van der Waals surface area contributed by atoms with E-state index in [1.165, 1.54) is 6.07 Å². The molecule has 2 heterocycles. The highest BCUT2D eigenvalue weighted by molar-refractivity contribution is 7.79. The highest BCUT2D eigenvalue weighted by Gasteiger charge is 2.34. The van der Waals surface area contributed by atoms with Gasteiger partial charge in [0.15, 0.2) is 0 Å². The molecule has 9 heteroatoms. The first kappa shape index (κ1) is 17.1. The summed E-state index contributed by atoms with van der Waals surface area (Å²) in [5, 5.41) is 2.21. The lowest BCUT2D eigenvalue weighted by molar-refractivity contribution is -0.115. The Morgan fingerprint density at radius 3 is 2.41 bits per heavy atom. The van der Waals surface area contributed by atoms with Crippen LogP contribution in [0.5, 0.6) is 0 Å². The van der Waals surface area contributed by atoms with E-state index in [4.69, 9.17) is 0 Å². The van der Waals surface area contributed by atoms with Gasteiger partial charge >= 0.3 is 6.18 Å². The molecule has 0 spiro atoms. The van der Waals surface area contributed by atoms with Gasteiger partial charge in [-0.2, -0.15) is 25.8 Å². The van der Waals surface area contributed by atoms with E-state index in [1.54, 1.807) is 11.0 Å². The first-order chi connectivity index (χ1) is 10.2. The quantitative estimate of drug-likeness (QED) is 0.646. The zero-order valence-electron chi connectivity index (χ0n) is 11.6. The van der Waals surface area contributed by atoms with Crippen LogP contribution in [-0.2, 0) is 5.75 Å². The van der Waals surface area contributed by atoms with E-state index < -0.39 is 18.6 Å². The van der Waals surface area contributed by atoms with Crippen LogP contribution < -0.4 is 10.2 Å². The fraction of sp³-hybridized carbons (Fsp3) is 0.615. The van der Waals surface area contributed by atoms with Crippen LogP contribution in [0.15, 0.2) is 12.1 Å². The van der Waals surface area contributed by atoms with Gasteiger partial charge in [0.1, 0.15) is 12.4 Å². The molecule has 3 nitrogen and oxygen atoms in total. The van der Waals surface area contributed by atoms with Gasteiger partial charge in [0.05, 0.1) is 5.69 Å². The molecule has 0 saturated carbocycles. The van der Waals surface area contributed by atoms with Crippen molar-refractivity contribution >= 4 is 24.1 Å². The minimum Gasteiger partial charge on any atom is -0.371 e. The van der Waals surface area contributed by atoms with E-state index in [2.05, 4.69) is 22.9 Å². The van der Waals surface area contributed by atoms with Crippen molar-refractivity contribution < 1.29 is 22.0 Å². The summed E-state index contributed by atoms with van der Waals surface area (Å²) in [6.07, 6.45) is -4.89. The molecule has 1 aromatic heterocycles. The number of hydrogen-bond acceptors (Lipinski definition) is 4. The normalized spacial score (nSPS) is 18.4. The van der Waals surface area contributed by atoms with Gasteiger partial charge in [0.25, 0.3) is 5.92 Å². The lowest BCUT2D eigenvalue weighted by Crippen LogP contribution is -2.39. The number of nitrogens with zero attached hydrogens (tertiary/aromatic N) is 2. The van der Waals surface area contributed by atoms with Crippen LogP contribution in [0, 0.1) is 0 Å². The number of thiol groups is 1. The van der Waals surface area contributed by atoms with Crippen molar-refractivity contribution in [1.29, 1.82) is 0 Å². The van der Waals surface area contributed by atoms with Gasteiger partial charge in [-0.25, -0.2) is 13.8 Å². The van der Waals surface area contributed by atoms with Gasteiger partial charge in [-0.3, -0.25) is 0 Å². The monoisotopic (exact) mass is 341 g/mol. The summed E-state index contributed by atoms with van der Waals surface area (Å²) in [4.78, 5) is 5.74. The van der Waals surface area contributed by atoms with Crippen molar-refractivity contribution in [3.63, 3.8) is 0 Å². The fourth-order valence-electron chi connectivity index (χ4n) is 2.21. The topological polar surface area (TPSA) is 28.2 Å². The molecule has 1 fully saturated rings. The second-order valence-electron chi connectivity index (χ2n) is 5.17. The number of halogens is 5. The third-order valence-corrected chi connectivity index (χ3v) is 3.68. The first-order valence-corrected chi connectivity index (χ1v) is 7.37. The van der Waals surface area contributed by atoms with Gasteiger partial charge in [0.2, 0.25) is 0 Å². The molecule has 124 valence electrons. The summed E-state index contributed by atoms with van der Waals surface area (Å²) in [5.74, 6) is -2.36. The summed E-state index contributed by atoms with van der Waals surface area (Å²) in [7, 11) is 0. The minimum absolute atomic E-state index is 0.0659. The molecule has 0 radical (unpaired) electrons. The highest BCUT2D eigenvalue weighted by Crippen LogP contribution is 2.31. The first-order valence-electron chi connectivity index (χ1n) is 6.74. The van der Waals surface area contributed by atoms with E-state index >= 15 is 0 Å². The predicted molar refractivity (Wildman–Crippen MR) is 77.9 cm³/mol. The zero-order chi connectivity index (χ0) is 16.4. The second kappa shape index (κ2) is 6.47. The number of nitrogens with one attached hydrogen (secondary N) is 1. The van der Waals surface area contributed by atoms with Crippen LogP contribution in [0.25, 0.3) is 0 Å². The van der Waals surface area contributed by atoms with E-state index in [-0.39, 0.29) is 37.5 Å². The number of aromatic nitrogens is 1. The standard InChI is InChI=1S/C13H16F5N3S/c14-12(15)1-3-21(4-2-12)10-5-9(7-22)20-11(6-10)19-8-13(16,17)18/h5-6,22H,1-4,7-8H2,(H,19,20). The Morgan fingerprint density at radius 2 is 1.86 bits per heavy atom. The van der Waals surface area contributed by atoms with E-state index in [0.717, 1.165) is 0 Å². The summed E-state index contributed by atoms with van der Waals surface area (Å²) < 4.78 is 63.2. The Hall–Kier alpha value is -1.25. The Kier molecular flexibility index (Phi) is 5.03. The smallest absolute Gasteiger partial charge is 0.371 e. The maximum absolute atomic E-state index is 13.2. The summed E-state index contributed by atoms with van der Waals surface area (Å²) in [5.41, 5.74) is 1.07. The molecule has 0 bridgehead atoms. The van der Waals surface area contributed by atoms with Crippen LogP contribution in [0.1, 0.15) is 18.5 Å². The molecule has 1 saturated heterocycles. The molecule has 0 unspecified atom stereocenters. The second-order valence-corrected chi connectivity index (χ2v) is 5.49. The van der Waals surface area contributed by atoms with Crippen LogP contribution in [-0.4, -0.2) is 36.7 Å². The van der Waals surface area contributed by atoms with Crippen LogP contribution in [0.4, 0.5) is 33.5 Å². The Balaban J connectivity index is 2.14. The number of anilines is 2. The zero-order valence-corrected chi connectivity index (χ0v) is 12.5. The van der Waals surface area contributed by atoms with Crippen molar-refractivity contribution in [3.8, 4) is 0 Å². The molecule has 0 aromatic carbocycles. The van der Waals surface area contributed by atoms with Gasteiger partial charge in [-0.15, -0.1) is 0 Å². The highest BCUT2D eigenvalue weighted by atomic mass is 32.1.